The molecule has 0 aliphatic carbocycles. The summed E-state index contributed by atoms with van der Waals surface area (Å²) in [5.74, 6) is -2.28. The third-order valence-corrected chi connectivity index (χ3v) is 2.73. The highest BCUT2D eigenvalue weighted by Crippen LogP contribution is 2.14. The van der Waals surface area contributed by atoms with E-state index >= 15 is 0 Å². The van der Waals surface area contributed by atoms with Gasteiger partial charge in [0, 0.05) is 0 Å². The fourth-order valence-corrected chi connectivity index (χ4v) is 1.78. The molecule has 0 bridgehead atoms. The number of aliphatic carboxylic acids is 1. The quantitative estimate of drug-likeness (QED) is 0.800. The highest BCUT2D eigenvalue weighted by Gasteiger charge is 2.35. The number of ether oxygens (including phenoxy) is 1. The van der Waals surface area contributed by atoms with Crippen LogP contribution in [0.2, 0.25) is 5.15 Å². The molecule has 2 rings (SSSR count). The summed E-state index contributed by atoms with van der Waals surface area (Å²) >= 11 is 5.61. The van der Waals surface area contributed by atoms with E-state index in [4.69, 9.17) is 21.4 Å². The smallest absolute Gasteiger partial charge is 0.311 e. The van der Waals surface area contributed by atoms with Crippen molar-refractivity contribution in [2.75, 3.05) is 13.2 Å². The lowest BCUT2D eigenvalue weighted by atomic mass is 10.0. The second kappa shape index (κ2) is 5.28. The first-order chi connectivity index (χ1) is 8.58. The summed E-state index contributed by atoms with van der Waals surface area (Å²) in [5, 5.41) is 11.6. The van der Waals surface area contributed by atoms with E-state index < -0.39 is 23.8 Å². The van der Waals surface area contributed by atoms with Gasteiger partial charge in [-0.3, -0.25) is 14.6 Å². The molecular weight excluding hydrogens is 262 g/mol. The molecule has 2 atom stereocenters. The Morgan fingerprint density at radius 1 is 1.44 bits per heavy atom. The maximum Gasteiger partial charge on any atom is 0.311 e. The number of hydrogen-bond acceptors (Lipinski definition) is 5. The van der Waals surface area contributed by atoms with E-state index in [-0.39, 0.29) is 24.1 Å². The van der Waals surface area contributed by atoms with Crippen LogP contribution in [0.1, 0.15) is 10.5 Å². The van der Waals surface area contributed by atoms with Crippen molar-refractivity contribution < 1.29 is 19.4 Å². The topological polar surface area (TPSA) is 101 Å². The van der Waals surface area contributed by atoms with E-state index in [0.29, 0.717) is 0 Å². The number of carboxylic acids is 1. The molecule has 8 heteroatoms. The molecule has 0 spiro atoms. The van der Waals surface area contributed by atoms with Crippen LogP contribution in [0, 0.1) is 5.92 Å². The zero-order valence-electron chi connectivity index (χ0n) is 9.17. The molecule has 0 radical (unpaired) electrons. The summed E-state index contributed by atoms with van der Waals surface area (Å²) in [4.78, 5) is 30.2. The first-order valence-corrected chi connectivity index (χ1v) is 5.54. The number of hydrogen-bond donors (Lipinski definition) is 2. The van der Waals surface area contributed by atoms with Crippen molar-refractivity contribution in [1.29, 1.82) is 0 Å². The molecule has 0 aromatic carbocycles. The zero-order valence-corrected chi connectivity index (χ0v) is 9.92. The van der Waals surface area contributed by atoms with Gasteiger partial charge in [0.25, 0.3) is 5.91 Å². The van der Waals surface area contributed by atoms with Gasteiger partial charge in [-0.15, -0.1) is 0 Å². The lowest BCUT2D eigenvalue weighted by molar-refractivity contribution is -0.142. The van der Waals surface area contributed by atoms with Crippen LogP contribution in [0.3, 0.4) is 0 Å². The van der Waals surface area contributed by atoms with Gasteiger partial charge in [-0.2, -0.15) is 0 Å². The number of amides is 1. The van der Waals surface area contributed by atoms with Gasteiger partial charge in [0.1, 0.15) is 16.8 Å². The van der Waals surface area contributed by atoms with Gasteiger partial charge in [0.2, 0.25) is 0 Å². The molecule has 96 valence electrons. The van der Waals surface area contributed by atoms with Crippen molar-refractivity contribution in [2.24, 2.45) is 5.92 Å². The number of carbonyl (C=O) groups is 2. The van der Waals surface area contributed by atoms with Gasteiger partial charge in [-0.25, -0.2) is 4.98 Å². The number of nitrogens with one attached hydrogen (secondary N) is 1. The first-order valence-electron chi connectivity index (χ1n) is 5.17. The highest BCUT2D eigenvalue weighted by molar-refractivity contribution is 6.29. The summed E-state index contributed by atoms with van der Waals surface area (Å²) in [5.41, 5.74) is 0.0403. The third kappa shape index (κ3) is 2.74. The molecule has 1 aliphatic rings. The zero-order chi connectivity index (χ0) is 13.1. The number of halogens is 1. The predicted molar refractivity (Wildman–Crippen MR) is 60.2 cm³/mol. The molecular formula is C10H10ClN3O4. The molecule has 1 amide bonds. The minimum Gasteiger partial charge on any atom is -0.481 e. The molecule has 18 heavy (non-hydrogen) atoms. The summed E-state index contributed by atoms with van der Waals surface area (Å²) in [6, 6.07) is -0.573. The van der Waals surface area contributed by atoms with Gasteiger partial charge in [-0.1, -0.05) is 11.6 Å². The van der Waals surface area contributed by atoms with Crippen LogP contribution in [0.15, 0.2) is 12.4 Å². The van der Waals surface area contributed by atoms with Crippen molar-refractivity contribution in [1.82, 2.24) is 15.3 Å². The van der Waals surface area contributed by atoms with Gasteiger partial charge in [-0.05, 0) is 0 Å². The number of rotatable bonds is 3. The van der Waals surface area contributed by atoms with Gasteiger partial charge in [0.05, 0.1) is 31.6 Å². The summed E-state index contributed by atoms with van der Waals surface area (Å²) in [7, 11) is 0. The SMILES string of the molecule is O=C(NC1COCC1C(=O)O)c1cncc(Cl)n1. The summed E-state index contributed by atoms with van der Waals surface area (Å²) < 4.78 is 5.03. The van der Waals surface area contributed by atoms with E-state index in [1.165, 1.54) is 12.4 Å². The molecule has 1 aromatic heterocycles. The van der Waals surface area contributed by atoms with Crippen molar-refractivity contribution >= 4 is 23.5 Å². The van der Waals surface area contributed by atoms with Gasteiger partial charge in [0.15, 0.2) is 0 Å². The second-order valence-corrected chi connectivity index (χ2v) is 4.18. The van der Waals surface area contributed by atoms with Crippen LogP contribution < -0.4 is 5.32 Å². The Morgan fingerprint density at radius 3 is 2.89 bits per heavy atom. The molecule has 2 N–H and O–H groups in total. The maximum atomic E-state index is 11.8. The Bertz CT molecular complexity index is 482. The van der Waals surface area contributed by atoms with Crippen LogP contribution in [0.4, 0.5) is 0 Å². The average molecular weight is 272 g/mol. The molecule has 1 fully saturated rings. The first kappa shape index (κ1) is 12.7. The minimum atomic E-state index is -1.00. The van der Waals surface area contributed by atoms with Crippen LogP contribution in [-0.2, 0) is 9.53 Å². The minimum absolute atomic E-state index is 0.0403. The Morgan fingerprint density at radius 2 is 2.22 bits per heavy atom. The molecule has 7 nitrogen and oxygen atoms in total. The van der Waals surface area contributed by atoms with Crippen LogP contribution in [0.25, 0.3) is 0 Å². The Balaban J connectivity index is 2.05. The number of carboxylic acid groups (broad SMARTS) is 1. The predicted octanol–water partition coefficient (Wildman–Crippen LogP) is -0.0406. The van der Waals surface area contributed by atoms with E-state index in [9.17, 15) is 9.59 Å². The Hall–Kier alpha value is -1.73. The second-order valence-electron chi connectivity index (χ2n) is 3.79. The molecule has 1 aromatic rings. The van der Waals surface area contributed by atoms with Crippen molar-refractivity contribution in [3.63, 3.8) is 0 Å². The standard InChI is InChI=1S/C10H10ClN3O4/c11-8-2-12-1-6(13-8)9(15)14-7-4-18-3-5(7)10(16)17/h1-2,5,7H,3-4H2,(H,14,15)(H,16,17). The molecule has 1 aliphatic heterocycles. The Labute approximate surface area is 107 Å². The van der Waals surface area contributed by atoms with Crippen LogP contribution in [0.5, 0.6) is 0 Å². The van der Waals surface area contributed by atoms with Crippen molar-refractivity contribution in [2.45, 2.75) is 6.04 Å². The molecule has 1 saturated heterocycles. The molecule has 2 heterocycles. The number of carbonyl (C=O) groups excluding carboxylic acids is 1. The van der Waals surface area contributed by atoms with E-state index in [0.717, 1.165) is 0 Å². The van der Waals surface area contributed by atoms with Gasteiger partial charge < -0.3 is 15.2 Å². The number of aromatic nitrogens is 2. The Kier molecular flexibility index (Phi) is 3.73. The van der Waals surface area contributed by atoms with E-state index in [2.05, 4.69) is 15.3 Å². The third-order valence-electron chi connectivity index (χ3n) is 2.55. The molecule has 2 unspecified atom stereocenters. The fourth-order valence-electron chi connectivity index (χ4n) is 1.63. The molecule has 0 saturated carbocycles. The lowest BCUT2D eigenvalue weighted by Gasteiger charge is -2.15. The lowest BCUT2D eigenvalue weighted by Crippen LogP contribution is -2.43. The van der Waals surface area contributed by atoms with E-state index in [1.54, 1.807) is 0 Å². The normalized spacial score (nSPS) is 22.7. The monoisotopic (exact) mass is 271 g/mol. The van der Waals surface area contributed by atoms with E-state index in [1.807, 2.05) is 0 Å². The van der Waals surface area contributed by atoms with Crippen molar-refractivity contribution in [3.05, 3.63) is 23.2 Å². The van der Waals surface area contributed by atoms with Crippen LogP contribution in [-0.4, -0.2) is 46.2 Å². The van der Waals surface area contributed by atoms with Crippen LogP contribution >= 0.6 is 11.6 Å². The average Bonchev–Trinajstić information content (AvgIpc) is 2.77. The fraction of sp³-hybridized carbons (Fsp3) is 0.400. The maximum absolute atomic E-state index is 11.8. The summed E-state index contributed by atoms with van der Waals surface area (Å²) in [6.07, 6.45) is 2.56. The largest absolute Gasteiger partial charge is 0.481 e. The van der Waals surface area contributed by atoms with Crippen molar-refractivity contribution in [3.8, 4) is 0 Å². The van der Waals surface area contributed by atoms with Gasteiger partial charge >= 0.3 is 5.97 Å². The highest BCUT2D eigenvalue weighted by atomic mass is 35.5. The summed E-state index contributed by atoms with van der Waals surface area (Å²) in [6.45, 7) is 0.248. The number of nitrogens with zero attached hydrogens (tertiary/aromatic N) is 2.